The number of nitrogens with zero attached hydrogens (tertiary/aromatic N) is 1. The van der Waals surface area contributed by atoms with Gasteiger partial charge in [-0.05, 0) is 61.9 Å². The van der Waals surface area contributed by atoms with E-state index < -0.39 is 22.1 Å². The third-order valence-electron chi connectivity index (χ3n) is 6.19. The molecule has 35 heavy (non-hydrogen) atoms. The molecule has 1 heterocycles. The smallest absolute Gasteiger partial charge is 0.328 e. The number of hydrogen-bond acceptors (Lipinski definition) is 5. The summed E-state index contributed by atoms with van der Waals surface area (Å²) in [5, 5.41) is 5.43. The Labute approximate surface area is 204 Å². The van der Waals surface area contributed by atoms with Gasteiger partial charge in [0, 0.05) is 18.2 Å². The number of imide groups is 1. The minimum absolute atomic E-state index is 0.0275. The first kappa shape index (κ1) is 24.5. The lowest BCUT2D eigenvalue weighted by molar-refractivity contribution is 0.0821. The zero-order valence-electron chi connectivity index (χ0n) is 19.4. The molecule has 4 rings (SSSR count). The summed E-state index contributed by atoms with van der Waals surface area (Å²) in [4.78, 5) is 38.1. The topological polar surface area (TPSA) is 125 Å². The summed E-state index contributed by atoms with van der Waals surface area (Å²) in [6.07, 6.45) is 4.83. The summed E-state index contributed by atoms with van der Waals surface area (Å²) >= 11 is 0. The van der Waals surface area contributed by atoms with Gasteiger partial charge in [-0.3, -0.25) is 9.69 Å². The number of rotatable bonds is 6. The summed E-state index contributed by atoms with van der Waals surface area (Å²) in [6.45, 7) is 2.55. The molecule has 1 aliphatic carbocycles. The highest BCUT2D eigenvalue weighted by atomic mass is 32.2. The average Bonchev–Trinajstić information content (AvgIpc) is 3.17. The quantitative estimate of drug-likeness (QED) is 0.530. The van der Waals surface area contributed by atoms with E-state index in [9.17, 15) is 22.8 Å². The van der Waals surface area contributed by atoms with Gasteiger partial charge in [0.25, 0.3) is 15.9 Å². The largest absolute Gasteiger partial charge is 0.337 e. The number of carbonyl (C=O) groups is 3. The van der Waals surface area contributed by atoms with E-state index >= 15 is 0 Å². The highest BCUT2D eigenvalue weighted by Crippen LogP contribution is 2.22. The van der Waals surface area contributed by atoms with Crippen LogP contribution in [0.25, 0.3) is 0 Å². The lowest BCUT2D eigenvalue weighted by Gasteiger charge is -2.21. The number of urea groups is 2. The summed E-state index contributed by atoms with van der Waals surface area (Å²) < 4.78 is 27.1. The number of amides is 5. The Hall–Kier alpha value is -3.66. The van der Waals surface area contributed by atoms with Crippen LogP contribution in [0.1, 0.15) is 47.7 Å². The maximum Gasteiger partial charge on any atom is 0.328 e. The number of benzene rings is 2. The van der Waals surface area contributed by atoms with Crippen molar-refractivity contribution in [2.75, 3.05) is 6.54 Å². The predicted molar refractivity (Wildman–Crippen MR) is 130 cm³/mol. The SMILES string of the molecule is CC1=CCC(NC(=O)NS(=O)(=O)c2ccc(CCNC(=O)N3Cc4ccccc4C3=O)cc2)CC1. The molecule has 0 spiro atoms. The summed E-state index contributed by atoms with van der Waals surface area (Å²) in [5.41, 5.74) is 3.42. The van der Waals surface area contributed by atoms with Crippen LogP contribution in [-0.2, 0) is 23.0 Å². The molecule has 2 aromatic carbocycles. The van der Waals surface area contributed by atoms with Crippen molar-refractivity contribution >= 4 is 28.0 Å². The van der Waals surface area contributed by atoms with Gasteiger partial charge in [-0.15, -0.1) is 0 Å². The second-order valence-corrected chi connectivity index (χ2v) is 10.5. The van der Waals surface area contributed by atoms with E-state index in [4.69, 9.17) is 0 Å². The van der Waals surface area contributed by atoms with Gasteiger partial charge in [0.05, 0.1) is 11.4 Å². The molecule has 0 saturated carbocycles. The van der Waals surface area contributed by atoms with Crippen LogP contribution in [0.5, 0.6) is 0 Å². The number of carbonyl (C=O) groups excluding carboxylic acids is 3. The third kappa shape index (κ3) is 5.89. The molecule has 0 aromatic heterocycles. The van der Waals surface area contributed by atoms with E-state index in [-0.39, 0.29) is 29.9 Å². The minimum atomic E-state index is -4.01. The van der Waals surface area contributed by atoms with Crippen molar-refractivity contribution in [3.63, 3.8) is 0 Å². The van der Waals surface area contributed by atoms with Crippen molar-refractivity contribution in [3.05, 3.63) is 76.9 Å². The van der Waals surface area contributed by atoms with Crippen molar-refractivity contribution in [1.29, 1.82) is 0 Å². The van der Waals surface area contributed by atoms with E-state index in [1.807, 2.05) is 25.1 Å². The van der Waals surface area contributed by atoms with Crippen molar-refractivity contribution in [2.24, 2.45) is 0 Å². The Morgan fingerprint density at radius 3 is 2.51 bits per heavy atom. The zero-order chi connectivity index (χ0) is 25.0. The van der Waals surface area contributed by atoms with Crippen molar-refractivity contribution < 1.29 is 22.8 Å². The molecule has 0 radical (unpaired) electrons. The van der Waals surface area contributed by atoms with Gasteiger partial charge in [-0.2, -0.15) is 0 Å². The monoisotopic (exact) mass is 496 g/mol. The van der Waals surface area contributed by atoms with Crippen LogP contribution in [0.15, 0.2) is 65.1 Å². The predicted octanol–water partition coefficient (Wildman–Crippen LogP) is 3.08. The first-order valence-electron chi connectivity index (χ1n) is 11.5. The van der Waals surface area contributed by atoms with E-state index in [2.05, 4.69) is 15.4 Å². The highest BCUT2D eigenvalue weighted by molar-refractivity contribution is 7.90. The Morgan fingerprint density at radius 2 is 1.83 bits per heavy atom. The number of sulfonamides is 1. The van der Waals surface area contributed by atoms with E-state index in [0.29, 0.717) is 18.4 Å². The van der Waals surface area contributed by atoms with Crippen molar-refractivity contribution in [3.8, 4) is 0 Å². The number of fused-ring (bicyclic) bond motifs is 1. The van der Waals surface area contributed by atoms with Crippen LogP contribution in [-0.4, -0.2) is 43.9 Å². The molecule has 1 aliphatic heterocycles. The molecule has 1 unspecified atom stereocenters. The van der Waals surface area contributed by atoms with Gasteiger partial charge < -0.3 is 10.6 Å². The van der Waals surface area contributed by atoms with Crippen LogP contribution >= 0.6 is 0 Å². The fourth-order valence-corrected chi connectivity index (χ4v) is 5.07. The molecule has 1 atom stereocenters. The molecular formula is C25H28N4O5S. The van der Waals surface area contributed by atoms with Gasteiger partial charge in [0.15, 0.2) is 0 Å². The molecule has 2 aromatic rings. The van der Waals surface area contributed by atoms with Gasteiger partial charge in [0.2, 0.25) is 0 Å². The van der Waals surface area contributed by atoms with Crippen LogP contribution in [0.4, 0.5) is 9.59 Å². The van der Waals surface area contributed by atoms with Gasteiger partial charge in [-0.25, -0.2) is 22.7 Å². The lowest BCUT2D eigenvalue weighted by atomic mass is 9.96. The molecular weight excluding hydrogens is 468 g/mol. The van der Waals surface area contributed by atoms with Crippen LogP contribution in [0.2, 0.25) is 0 Å². The second-order valence-electron chi connectivity index (χ2n) is 8.78. The lowest BCUT2D eigenvalue weighted by Crippen LogP contribution is -2.44. The molecule has 0 bridgehead atoms. The average molecular weight is 497 g/mol. The van der Waals surface area contributed by atoms with E-state index in [1.165, 1.54) is 22.6 Å². The molecule has 3 N–H and O–H groups in total. The highest BCUT2D eigenvalue weighted by Gasteiger charge is 2.31. The number of hydrogen-bond donors (Lipinski definition) is 3. The summed E-state index contributed by atoms with van der Waals surface area (Å²) in [7, 11) is -4.01. The van der Waals surface area contributed by atoms with E-state index in [1.54, 1.807) is 24.3 Å². The van der Waals surface area contributed by atoms with Gasteiger partial charge in [-0.1, -0.05) is 42.0 Å². The fraction of sp³-hybridized carbons (Fsp3) is 0.320. The summed E-state index contributed by atoms with van der Waals surface area (Å²) in [6, 6.07) is 11.9. The van der Waals surface area contributed by atoms with Crippen LogP contribution in [0, 0.1) is 0 Å². The molecule has 9 nitrogen and oxygen atoms in total. The Balaban J connectivity index is 1.25. The third-order valence-corrected chi connectivity index (χ3v) is 7.54. The molecule has 5 amide bonds. The standard InChI is InChI=1S/C25H28N4O5S/c1-17-6-10-20(11-7-17)27-24(31)28-35(33,34)21-12-8-18(9-13-21)14-15-26-25(32)29-16-19-4-2-3-5-22(19)23(29)30/h2-6,8-9,12-13,20H,7,10-11,14-16H2,1H3,(H,26,32)(H2,27,28,31). The Bertz CT molecular complexity index is 1270. The molecule has 0 fully saturated rings. The van der Waals surface area contributed by atoms with E-state index in [0.717, 1.165) is 24.0 Å². The fourth-order valence-electron chi connectivity index (χ4n) is 4.16. The number of allylic oxidation sites excluding steroid dienone is 1. The van der Waals surface area contributed by atoms with Crippen LogP contribution in [0.3, 0.4) is 0 Å². The maximum absolute atomic E-state index is 12.5. The first-order chi connectivity index (χ1) is 16.7. The Kier molecular flexibility index (Phi) is 7.20. The Morgan fingerprint density at radius 1 is 1.09 bits per heavy atom. The second kappa shape index (κ2) is 10.3. The number of nitrogens with one attached hydrogen (secondary N) is 3. The zero-order valence-corrected chi connectivity index (χ0v) is 20.2. The van der Waals surface area contributed by atoms with Crippen molar-refractivity contribution in [2.45, 2.75) is 50.1 Å². The van der Waals surface area contributed by atoms with Gasteiger partial charge >= 0.3 is 12.1 Å². The van der Waals surface area contributed by atoms with Crippen LogP contribution < -0.4 is 15.4 Å². The maximum atomic E-state index is 12.5. The first-order valence-corrected chi connectivity index (χ1v) is 13.0. The molecule has 2 aliphatic rings. The van der Waals surface area contributed by atoms with Gasteiger partial charge in [0.1, 0.15) is 0 Å². The minimum Gasteiger partial charge on any atom is -0.337 e. The summed E-state index contributed by atoms with van der Waals surface area (Å²) in [5.74, 6) is -0.320. The molecule has 0 saturated heterocycles. The molecule has 10 heteroatoms. The molecule has 184 valence electrons. The normalized spacial score (nSPS) is 17.4. The van der Waals surface area contributed by atoms with Crippen molar-refractivity contribution in [1.82, 2.24) is 20.3 Å².